The van der Waals surface area contributed by atoms with Gasteiger partial charge in [-0.1, -0.05) is 18.2 Å². The third-order valence-corrected chi connectivity index (χ3v) is 4.09. The highest BCUT2D eigenvalue weighted by Gasteiger charge is 2.39. The van der Waals surface area contributed by atoms with Crippen molar-refractivity contribution < 1.29 is 24.2 Å². The lowest BCUT2D eigenvalue weighted by atomic mass is 9.85. The Kier molecular flexibility index (Phi) is 5.36. The molecule has 2 unspecified atom stereocenters. The lowest BCUT2D eigenvalue weighted by Gasteiger charge is -2.25. The van der Waals surface area contributed by atoms with E-state index in [4.69, 9.17) is 9.47 Å². The van der Waals surface area contributed by atoms with E-state index < -0.39 is 23.6 Å². The van der Waals surface area contributed by atoms with E-state index in [-0.39, 0.29) is 5.92 Å². The second-order valence-corrected chi connectivity index (χ2v) is 7.03. The van der Waals surface area contributed by atoms with Crippen molar-refractivity contribution in [3.05, 3.63) is 29.8 Å². The fraction of sp³-hybridized carbons (Fsp3) is 0.556. The SMILES string of the molecule is COc1ccccc1C(C(=O)O)C1CCN(C(=O)OC(C)(C)C)C1. The van der Waals surface area contributed by atoms with E-state index in [1.165, 1.54) is 7.11 Å². The van der Waals surface area contributed by atoms with Crippen molar-refractivity contribution in [1.29, 1.82) is 0 Å². The van der Waals surface area contributed by atoms with Gasteiger partial charge in [-0.05, 0) is 39.2 Å². The van der Waals surface area contributed by atoms with Gasteiger partial charge in [-0.15, -0.1) is 0 Å². The third kappa shape index (κ3) is 4.19. The van der Waals surface area contributed by atoms with E-state index in [1.807, 2.05) is 26.8 Å². The molecule has 1 aliphatic rings. The second-order valence-electron chi connectivity index (χ2n) is 7.03. The second kappa shape index (κ2) is 7.11. The smallest absolute Gasteiger partial charge is 0.410 e. The average molecular weight is 335 g/mol. The summed E-state index contributed by atoms with van der Waals surface area (Å²) in [5.74, 6) is -1.24. The maximum absolute atomic E-state index is 12.2. The van der Waals surface area contributed by atoms with Crippen LogP contribution in [0.2, 0.25) is 0 Å². The number of carboxylic acids is 1. The van der Waals surface area contributed by atoms with Gasteiger partial charge in [-0.25, -0.2) is 4.79 Å². The van der Waals surface area contributed by atoms with Crippen molar-refractivity contribution in [3.63, 3.8) is 0 Å². The lowest BCUT2D eigenvalue weighted by molar-refractivity contribution is -0.140. The minimum Gasteiger partial charge on any atom is -0.496 e. The Hall–Kier alpha value is -2.24. The molecule has 0 bridgehead atoms. The van der Waals surface area contributed by atoms with Crippen molar-refractivity contribution in [2.75, 3.05) is 20.2 Å². The van der Waals surface area contributed by atoms with Crippen LogP contribution in [0.3, 0.4) is 0 Å². The Balaban J connectivity index is 2.17. The summed E-state index contributed by atoms with van der Waals surface area (Å²) in [7, 11) is 1.53. The molecule has 1 N–H and O–H groups in total. The summed E-state index contributed by atoms with van der Waals surface area (Å²) in [6.07, 6.45) is 0.225. The molecule has 0 radical (unpaired) electrons. The van der Waals surface area contributed by atoms with Crippen LogP contribution in [0.1, 0.15) is 38.7 Å². The zero-order chi connectivity index (χ0) is 17.9. The molecule has 1 fully saturated rings. The fourth-order valence-electron chi connectivity index (χ4n) is 3.06. The van der Waals surface area contributed by atoms with Crippen molar-refractivity contribution in [2.24, 2.45) is 5.92 Å². The molecule has 1 aromatic rings. The Morgan fingerprint density at radius 3 is 2.54 bits per heavy atom. The van der Waals surface area contributed by atoms with Gasteiger partial charge < -0.3 is 19.5 Å². The molecule has 0 aromatic heterocycles. The number of hydrogen-bond donors (Lipinski definition) is 1. The van der Waals surface area contributed by atoms with Gasteiger partial charge in [0.1, 0.15) is 11.4 Å². The molecule has 2 rings (SSSR count). The molecular formula is C18H25NO5. The van der Waals surface area contributed by atoms with Crippen LogP contribution in [0.4, 0.5) is 4.79 Å². The zero-order valence-corrected chi connectivity index (χ0v) is 14.6. The molecule has 1 aromatic carbocycles. The first-order valence-corrected chi connectivity index (χ1v) is 8.06. The third-order valence-electron chi connectivity index (χ3n) is 4.09. The fourth-order valence-corrected chi connectivity index (χ4v) is 3.06. The Morgan fingerprint density at radius 1 is 1.29 bits per heavy atom. The highest BCUT2D eigenvalue weighted by Crippen LogP contribution is 2.37. The van der Waals surface area contributed by atoms with Crippen LogP contribution in [-0.4, -0.2) is 47.9 Å². The van der Waals surface area contributed by atoms with Crippen LogP contribution in [-0.2, 0) is 9.53 Å². The molecule has 1 amide bonds. The van der Waals surface area contributed by atoms with Crippen LogP contribution in [0.5, 0.6) is 5.75 Å². The monoisotopic (exact) mass is 335 g/mol. The van der Waals surface area contributed by atoms with E-state index in [9.17, 15) is 14.7 Å². The van der Waals surface area contributed by atoms with Crippen LogP contribution < -0.4 is 4.74 Å². The van der Waals surface area contributed by atoms with Gasteiger partial charge >= 0.3 is 12.1 Å². The summed E-state index contributed by atoms with van der Waals surface area (Å²) in [4.78, 5) is 25.6. The average Bonchev–Trinajstić information content (AvgIpc) is 2.95. The molecule has 0 spiro atoms. The van der Waals surface area contributed by atoms with Gasteiger partial charge in [0.25, 0.3) is 0 Å². The number of para-hydroxylation sites is 1. The van der Waals surface area contributed by atoms with Gasteiger partial charge in [0.05, 0.1) is 13.0 Å². The van der Waals surface area contributed by atoms with Gasteiger partial charge in [-0.2, -0.15) is 0 Å². The summed E-state index contributed by atoms with van der Waals surface area (Å²) >= 11 is 0. The Morgan fingerprint density at radius 2 is 1.96 bits per heavy atom. The molecule has 24 heavy (non-hydrogen) atoms. The van der Waals surface area contributed by atoms with Gasteiger partial charge in [0, 0.05) is 18.7 Å². The van der Waals surface area contributed by atoms with Crippen LogP contribution in [0.15, 0.2) is 24.3 Å². The first-order valence-electron chi connectivity index (χ1n) is 8.06. The number of aliphatic carboxylic acids is 1. The molecule has 132 valence electrons. The van der Waals surface area contributed by atoms with Crippen molar-refractivity contribution in [1.82, 2.24) is 4.90 Å². The first-order chi connectivity index (χ1) is 11.2. The number of amides is 1. The number of ether oxygens (including phenoxy) is 2. The number of methoxy groups -OCH3 is 1. The molecule has 2 atom stereocenters. The molecule has 1 heterocycles. The van der Waals surface area contributed by atoms with Crippen molar-refractivity contribution in [2.45, 2.75) is 38.7 Å². The number of nitrogens with zero attached hydrogens (tertiary/aromatic N) is 1. The number of carbonyl (C=O) groups excluding carboxylic acids is 1. The number of hydrogen-bond acceptors (Lipinski definition) is 4. The highest BCUT2D eigenvalue weighted by atomic mass is 16.6. The normalized spacial score (nSPS) is 19.0. The molecular weight excluding hydrogens is 310 g/mol. The zero-order valence-electron chi connectivity index (χ0n) is 14.6. The van der Waals surface area contributed by atoms with E-state index in [1.54, 1.807) is 23.1 Å². The number of rotatable bonds is 4. The summed E-state index contributed by atoms with van der Waals surface area (Å²) in [5.41, 5.74) is 0.0767. The lowest BCUT2D eigenvalue weighted by Crippen LogP contribution is -2.36. The van der Waals surface area contributed by atoms with Gasteiger partial charge in [0.2, 0.25) is 0 Å². The quantitative estimate of drug-likeness (QED) is 0.915. The van der Waals surface area contributed by atoms with E-state index in [0.29, 0.717) is 30.8 Å². The molecule has 6 nitrogen and oxygen atoms in total. The summed E-state index contributed by atoms with van der Waals surface area (Å²) in [6, 6.07) is 7.14. The topological polar surface area (TPSA) is 76.1 Å². The maximum atomic E-state index is 12.2. The molecule has 1 aliphatic heterocycles. The predicted octanol–water partition coefficient (Wildman–Crippen LogP) is 3.12. The van der Waals surface area contributed by atoms with Crippen LogP contribution >= 0.6 is 0 Å². The minimum absolute atomic E-state index is 0.175. The summed E-state index contributed by atoms with van der Waals surface area (Å²) < 4.78 is 10.7. The van der Waals surface area contributed by atoms with E-state index >= 15 is 0 Å². The Bertz CT molecular complexity index is 608. The number of likely N-dealkylation sites (tertiary alicyclic amines) is 1. The predicted molar refractivity (Wildman–Crippen MR) is 89.3 cm³/mol. The number of benzene rings is 1. The minimum atomic E-state index is -0.907. The largest absolute Gasteiger partial charge is 0.496 e. The summed E-state index contributed by atoms with van der Waals surface area (Å²) in [5, 5.41) is 9.73. The van der Waals surface area contributed by atoms with Gasteiger partial charge in [0.15, 0.2) is 0 Å². The van der Waals surface area contributed by atoms with E-state index in [0.717, 1.165) is 0 Å². The van der Waals surface area contributed by atoms with Gasteiger partial charge in [-0.3, -0.25) is 4.79 Å². The molecule has 6 heteroatoms. The van der Waals surface area contributed by atoms with E-state index in [2.05, 4.69) is 0 Å². The Labute approximate surface area is 142 Å². The molecule has 0 saturated carbocycles. The van der Waals surface area contributed by atoms with Crippen molar-refractivity contribution in [3.8, 4) is 5.75 Å². The van der Waals surface area contributed by atoms with Crippen molar-refractivity contribution >= 4 is 12.1 Å². The summed E-state index contributed by atoms with van der Waals surface area (Å²) in [6.45, 7) is 6.30. The highest BCUT2D eigenvalue weighted by molar-refractivity contribution is 5.78. The van der Waals surface area contributed by atoms with Crippen LogP contribution in [0, 0.1) is 5.92 Å². The first kappa shape index (κ1) is 18.1. The maximum Gasteiger partial charge on any atom is 0.410 e. The molecule has 0 aliphatic carbocycles. The standard InChI is InChI=1S/C18H25NO5/c1-18(2,3)24-17(22)19-10-9-12(11-19)15(16(20)21)13-7-5-6-8-14(13)23-4/h5-8,12,15H,9-11H2,1-4H3,(H,20,21). The van der Waals surface area contributed by atoms with Crippen LogP contribution in [0.25, 0.3) is 0 Å². The number of carbonyl (C=O) groups is 2. The number of carboxylic acid groups (broad SMARTS) is 1. The molecule has 1 saturated heterocycles.